The molecule has 0 aliphatic carbocycles. The molecule has 106 valence electrons. The van der Waals surface area contributed by atoms with Crippen molar-refractivity contribution in [1.82, 2.24) is 20.1 Å². The molecule has 0 unspecified atom stereocenters. The van der Waals surface area contributed by atoms with Crippen molar-refractivity contribution in [3.05, 3.63) is 46.5 Å². The van der Waals surface area contributed by atoms with Gasteiger partial charge in [-0.3, -0.25) is 9.48 Å². The third-order valence-electron chi connectivity index (χ3n) is 2.88. The van der Waals surface area contributed by atoms with E-state index in [-0.39, 0.29) is 5.91 Å². The first kappa shape index (κ1) is 14.5. The number of carbonyl (C=O) groups excluding carboxylic acids is 1. The summed E-state index contributed by atoms with van der Waals surface area (Å²) in [7, 11) is 0. The van der Waals surface area contributed by atoms with E-state index in [2.05, 4.69) is 15.4 Å². The van der Waals surface area contributed by atoms with Crippen molar-refractivity contribution < 1.29 is 4.79 Å². The Balaban J connectivity index is 1.79. The molecule has 0 spiro atoms. The zero-order valence-corrected chi connectivity index (χ0v) is 12.3. The van der Waals surface area contributed by atoms with Gasteiger partial charge in [-0.2, -0.15) is 5.10 Å². The van der Waals surface area contributed by atoms with Gasteiger partial charge in [-0.1, -0.05) is 17.7 Å². The van der Waals surface area contributed by atoms with E-state index in [0.717, 1.165) is 24.4 Å². The fourth-order valence-corrected chi connectivity index (χ4v) is 2.12. The molecule has 6 heteroatoms. The van der Waals surface area contributed by atoms with E-state index in [4.69, 9.17) is 11.6 Å². The van der Waals surface area contributed by atoms with Crippen LogP contribution in [0.25, 0.3) is 0 Å². The molecule has 0 bridgehead atoms. The molecule has 1 amide bonds. The molecule has 0 atom stereocenters. The number of aromatic nitrogens is 3. The van der Waals surface area contributed by atoms with Gasteiger partial charge in [-0.25, -0.2) is 4.98 Å². The fourth-order valence-electron chi connectivity index (χ4n) is 1.96. The highest BCUT2D eigenvalue weighted by Crippen LogP contribution is 2.05. The van der Waals surface area contributed by atoms with E-state index in [0.29, 0.717) is 17.4 Å². The zero-order valence-electron chi connectivity index (χ0n) is 11.6. The molecular formula is C14H17ClN4O. The summed E-state index contributed by atoms with van der Waals surface area (Å²) in [6.07, 6.45) is 0.814. The van der Waals surface area contributed by atoms with Crippen LogP contribution in [0.15, 0.2) is 24.3 Å². The number of hydrogen-bond acceptors (Lipinski definition) is 3. The number of halogens is 1. The van der Waals surface area contributed by atoms with Gasteiger partial charge in [0.05, 0.1) is 5.69 Å². The second-order valence-electron chi connectivity index (χ2n) is 4.61. The van der Waals surface area contributed by atoms with Crippen molar-refractivity contribution >= 4 is 17.5 Å². The molecule has 0 aliphatic rings. The molecule has 2 heterocycles. The SMILES string of the molecule is Cc1cc(C)n(CCCNC(=O)c2cccc(Cl)n2)n1. The third-order valence-corrected chi connectivity index (χ3v) is 3.09. The summed E-state index contributed by atoms with van der Waals surface area (Å²) in [5.74, 6) is -0.208. The first-order valence-corrected chi connectivity index (χ1v) is 6.86. The van der Waals surface area contributed by atoms with Crippen LogP contribution in [-0.2, 0) is 6.54 Å². The van der Waals surface area contributed by atoms with E-state index in [9.17, 15) is 4.79 Å². The largest absolute Gasteiger partial charge is 0.351 e. The summed E-state index contributed by atoms with van der Waals surface area (Å²) in [4.78, 5) is 15.8. The Hall–Kier alpha value is -1.88. The van der Waals surface area contributed by atoms with Gasteiger partial charge in [0.2, 0.25) is 0 Å². The Morgan fingerprint density at radius 3 is 2.85 bits per heavy atom. The van der Waals surface area contributed by atoms with Crippen molar-refractivity contribution in [2.24, 2.45) is 0 Å². The van der Waals surface area contributed by atoms with E-state index < -0.39 is 0 Å². The van der Waals surface area contributed by atoms with Crippen LogP contribution < -0.4 is 5.32 Å². The van der Waals surface area contributed by atoms with Crippen molar-refractivity contribution in [3.8, 4) is 0 Å². The second-order valence-corrected chi connectivity index (χ2v) is 4.99. The summed E-state index contributed by atoms with van der Waals surface area (Å²) in [5.41, 5.74) is 2.48. The molecule has 0 radical (unpaired) electrons. The molecule has 1 N–H and O–H groups in total. The van der Waals surface area contributed by atoms with Gasteiger partial charge in [0.15, 0.2) is 0 Å². The maximum Gasteiger partial charge on any atom is 0.269 e. The Bertz CT molecular complexity index is 609. The maximum atomic E-state index is 11.8. The quantitative estimate of drug-likeness (QED) is 0.680. The van der Waals surface area contributed by atoms with Crippen molar-refractivity contribution in [1.29, 1.82) is 0 Å². The number of nitrogens with one attached hydrogen (secondary N) is 1. The number of rotatable bonds is 5. The van der Waals surface area contributed by atoms with E-state index in [1.807, 2.05) is 24.6 Å². The van der Waals surface area contributed by atoms with Crippen LogP contribution in [0.5, 0.6) is 0 Å². The Morgan fingerprint density at radius 2 is 2.20 bits per heavy atom. The van der Waals surface area contributed by atoms with Crippen molar-refractivity contribution in [3.63, 3.8) is 0 Å². The fraction of sp³-hybridized carbons (Fsp3) is 0.357. The van der Waals surface area contributed by atoms with Crippen molar-refractivity contribution in [2.45, 2.75) is 26.8 Å². The summed E-state index contributed by atoms with van der Waals surface area (Å²) in [6.45, 7) is 5.35. The Morgan fingerprint density at radius 1 is 1.40 bits per heavy atom. The minimum absolute atomic E-state index is 0.208. The van der Waals surface area contributed by atoms with Crippen LogP contribution in [0.3, 0.4) is 0 Å². The molecule has 2 rings (SSSR count). The van der Waals surface area contributed by atoms with Gasteiger partial charge < -0.3 is 5.32 Å². The van der Waals surface area contributed by atoms with Gasteiger partial charge in [-0.05, 0) is 38.5 Å². The normalized spacial score (nSPS) is 10.6. The summed E-state index contributed by atoms with van der Waals surface area (Å²) >= 11 is 5.75. The van der Waals surface area contributed by atoms with Crippen LogP contribution in [-0.4, -0.2) is 27.2 Å². The highest BCUT2D eigenvalue weighted by molar-refractivity contribution is 6.29. The minimum Gasteiger partial charge on any atom is -0.351 e. The van der Waals surface area contributed by atoms with Crippen molar-refractivity contribution in [2.75, 3.05) is 6.54 Å². The smallest absolute Gasteiger partial charge is 0.269 e. The number of aryl methyl sites for hydroxylation is 3. The molecule has 2 aromatic heterocycles. The van der Waals surface area contributed by atoms with Crippen LogP contribution in [0, 0.1) is 13.8 Å². The lowest BCUT2D eigenvalue weighted by Crippen LogP contribution is -2.26. The van der Waals surface area contributed by atoms with Crippen LogP contribution in [0.4, 0.5) is 0 Å². The van der Waals surface area contributed by atoms with Gasteiger partial charge in [0.25, 0.3) is 5.91 Å². The monoisotopic (exact) mass is 292 g/mol. The minimum atomic E-state index is -0.208. The van der Waals surface area contributed by atoms with Gasteiger partial charge in [0.1, 0.15) is 10.8 Å². The average Bonchev–Trinajstić information content (AvgIpc) is 2.73. The number of carbonyl (C=O) groups is 1. The molecule has 0 saturated carbocycles. The number of pyridine rings is 1. The molecular weight excluding hydrogens is 276 g/mol. The molecule has 0 saturated heterocycles. The molecule has 5 nitrogen and oxygen atoms in total. The summed E-state index contributed by atoms with van der Waals surface area (Å²) < 4.78 is 1.94. The predicted molar refractivity (Wildman–Crippen MR) is 77.9 cm³/mol. The molecule has 0 aromatic carbocycles. The third kappa shape index (κ3) is 3.81. The first-order chi connectivity index (χ1) is 9.56. The highest BCUT2D eigenvalue weighted by atomic mass is 35.5. The highest BCUT2D eigenvalue weighted by Gasteiger charge is 2.07. The molecule has 20 heavy (non-hydrogen) atoms. The Labute approximate surface area is 123 Å². The van der Waals surface area contributed by atoms with Gasteiger partial charge >= 0.3 is 0 Å². The lowest BCUT2D eigenvalue weighted by atomic mass is 10.3. The Kier molecular flexibility index (Phi) is 4.74. The van der Waals surface area contributed by atoms with Crippen LogP contribution >= 0.6 is 11.6 Å². The number of hydrogen-bond donors (Lipinski definition) is 1. The van der Waals surface area contributed by atoms with E-state index >= 15 is 0 Å². The van der Waals surface area contributed by atoms with Gasteiger partial charge in [-0.15, -0.1) is 0 Å². The maximum absolute atomic E-state index is 11.8. The lowest BCUT2D eigenvalue weighted by Gasteiger charge is -2.06. The molecule has 0 aliphatic heterocycles. The van der Waals surface area contributed by atoms with E-state index in [1.165, 1.54) is 0 Å². The average molecular weight is 293 g/mol. The van der Waals surface area contributed by atoms with E-state index in [1.54, 1.807) is 18.2 Å². The van der Waals surface area contributed by atoms with Gasteiger partial charge in [0, 0.05) is 18.8 Å². The molecule has 0 fully saturated rings. The predicted octanol–water partition coefficient (Wildman–Crippen LogP) is 2.37. The standard InChI is InChI=1S/C14H17ClN4O/c1-10-9-11(2)19(18-10)8-4-7-16-14(20)12-5-3-6-13(15)17-12/h3,5-6,9H,4,7-8H2,1-2H3,(H,16,20). The first-order valence-electron chi connectivity index (χ1n) is 6.48. The second kappa shape index (κ2) is 6.52. The number of amides is 1. The zero-order chi connectivity index (χ0) is 14.5. The number of nitrogens with zero attached hydrogens (tertiary/aromatic N) is 3. The summed E-state index contributed by atoms with van der Waals surface area (Å²) in [5, 5.41) is 7.51. The lowest BCUT2D eigenvalue weighted by molar-refractivity contribution is 0.0947. The summed E-state index contributed by atoms with van der Waals surface area (Å²) in [6, 6.07) is 7.03. The van der Waals surface area contributed by atoms with Crippen LogP contribution in [0.1, 0.15) is 28.3 Å². The molecule has 2 aromatic rings. The topological polar surface area (TPSA) is 59.8 Å². The van der Waals surface area contributed by atoms with Crippen LogP contribution in [0.2, 0.25) is 5.15 Å².